The van der Waals surface area contributed by atoms with E-state index >= 15 is 0 Å². The molecular weight excluding hydrogens is 235 g/mol. The van der Waals surface area contributed by atoms with Crippen molar-refractivity contribution in [1.82, 2.24) is 14.8 Å². The second-order valence-electron chi connectivity index (χ2n) is 3.92. The second-order valence-corrected chi connectivity index (χ2v) is 3.92. The van der Waals surface area contributed by atoms with Gasteiger partial charge < -0.3 is 0 Å². The van der Waals surface area contributed by atoms with Crippen LogP contribution in [0.2, 0.25) is 0 Å². The van der Waals surface area contributed by atoms with Crippen LogP contribution in [0.15, 0.2) is 24.3 Å². The molecule has 1 aromatic heterocycles. The lowest BCUT2D eigenvalue weighted by atomic mass is 10.1. The van der Waals surface area contributed by atoms with E-state index in [0.717, 1.165) is 0 Å². The number of nitrogens with one attached hydrogen (secondary N) is 1. The number of benzene rings is 1. The third kappa shape index (κ3) is 2.71. The molecule has 1 amide bonds. The molecule has 0 radical (unpaired) electrons. The molecule has 0 saturated carbocycles. The molecule has 5 nitrogen and oxygen atoms in total. The van der Waals surface area contributed by atoms with E-state index in [0.29, 0.717) is 17.3 Å². The van der Waals surface area contributed by atoms with Gasteiger partial charge in [-0.1, -0.05) is 18.2 Å². The summed E-state index contributed by atoms with van der Waals surface area (Å²) in [6.07, 6.45) is -0.0292. The van der Waals surface area contributed by atoms with Crippen molar-refractivity contribution in [2.45, 2.75) is 13.3 Å². The number of aryl methyl sites for hydroxylation is 2. The molecule has 18 heavy (non-hydrogen) atoms. The van der Waals surface area contributed by atoms with Gasteiger partial charge in [0.1, 0.15) is 11.6 Å². The number of carbonyl (C=O) groups excluding carboxylic acids is 1. The number of halogens is 1. The number of hydrogen-bond donors (Lipinski definition) is 1. The van der Waals surface area contributed by atoms with Crippen LogP contribution >= 0.6 is 0 Å². The van der Waals surface area contributed by atoms with Gasteiger partial charge in [-0.3, -0.25) is 10.1 Å². The van der Waals surface area contributed by atoms with Gasteiger partial charge in [0, 0.05) is 7.05 Å². The van der Waals surface area contributed by atoms with E-state index in [1.807, 2.05) is 0 Å². The summed E-state index contributed by atoms with van der Waals surface area (Å²) in [6, 6.07) is 6.19. The number of aromatic nitrogens is 3. The summed E-state index contributed by atoms with van der Waals surface area (Å²) in [4.78, 5) is 15.8. The monoisotopic (exact) mass is 248 g/mol. The molecule has 1 aromatic carbocycles. The lowest BCUT2D eigenvalue weighted by Crippen LogP contribution is -2.18. The Hall–Kier alpha value is -2.24. The zero-order valence-electron chi connectivity index (χ0n) is 10.1. The van der Waals surface area contributed by atoms with Gasteiger partial charge in [0.05, 0.1) is 6.42 Å². The average Bonchev–Trinajstić information content (AvgIpc) is 2.61. The van der Waals surface area contributed by atoms with Gasteiger partial charge in [-0.15, -0.1) is 0 Å². The first-order chi connectivity index (χ1) is 8.56. The predicted octanol–water partition coefficient (Wildman–Crippen LogP) is 1.44. The number of hydrogen-bond acceptors (Lipinski definition) is 3. The van der Waals surface area contributed by atoms with Crippen molar-refractivity contribution in [3.63, 3.8) is 0 Å². The van der Waals surface area contributed by atoms with Crippen molar-refractivity contribution >= 4 is 11.9 Å². The van der Waals surface area contributed by atoms with Crippen LogP contribution < -0.4 is 5.32 Å². The van der Waals surface area contributed by atoms with Crippen molar-refractivity contribution < 1.29 is 9.18 Å². The molecule has 0 aliphatic heterocycles. The molecule has 0 aliphatic carbocycles. The minimum Gasteiger partial charge on any atom is -0.294 e. The fraction of sp³-hybridized carbons (Fsp3) is 0.250. The Labute approximate surface area is 104 Å². The summed E-state index contributed by atoms with van der Waals surface area (Å²) in [5.41, 5.74) is 0.355. The molecule has 2 aromatic rings. The molecule has 6 heteroatoms. The summed E-state index contributed by atoms with van der Waals surface area (Å²) in [5.74, 6) is 0.213. The van der Waals surface area contributed by atoms with Gasteiger partial charge >= 0.3 is 0 Å². The van der Waals surface area contributed by atoms with Crippen molar-refractivity contribution in [3.05, 3.63) is 41.5 Å². The number of carbonyl (C=O) groups is 1. The fourth-order valence-electron chi connectivity index (χ4n) is 1.60. The van der Waals surface area contributed by atoms with Crippen LogP contribution in [0.25, 0.3) is 0 Å². The number of anilines is 1. The number of rotatable bonds is 3. The quantitative estimate of drug-likeness (QED) is 0.894. The molecule has 0 atom stereocenters. The molecule has 0 aliphatic rings. The molecule has 1 N–H and O–H groups in total. The molecular formula is C12H13FN4O. The molecule has 0 saturated heterocycles. The SMILES string of the molecule is Cc1nc(NC(=O)Cc2ccccc2F)n(C)n1. The third-order valence-corrected chi connectivity index (χ3v) is 2.43. The van der Waals surface area contributed by atoms with Crippen LogP contribution in [0.1, 0.15) is 11.4 Å². The predicted molar refractivity (Wildman–Crippen MR) is 64.5 cm³/mol. The van der Waals surface area contributed by atoms with Crippen molar-refractivity contribution in [1.29, 1.82) is 0 Å². The van der Waals surface area contributed by atoms with Crippen LogP contribution in [0.4, 0.5) is 10.3 Å². The highest BCUT2D eigenvalue weighted by atomic mass is 19.1. The van der Waals surface area contributed by atoms with E-state index in [-0.39, 0.29) is 18.1 Å². The molecule has 0 spiro atoms. The van der Waals surface area contributed by atoms with Crippen LogP contribution in [-0.4, -0.2) is 20.7 Å². The van der Waals surface area contributed by atoms with Crippen molar-refractivity contribution in [3.8, 4) is 0 Å². The molecule has 0 bridgehead atoms. The standard InChI is InChI=1S/C12H13FN4O/c1-8-14-12(17(2)16-8)15-11(18)7-9-5-3-4-6-10(9)13/h3-6H,7H2,1-2H3,(H,14,15,16,18). The highest BCUT2D eigenvalue weighted by molar-refractivity contribution is 5.90. The minimum atomic E-state index is -0.387. The van der Waals surface area contributed by atoms with Gasteiger partial charge in [0.2, 0.25) is 11.9 Å². The highest BCUT2D eigenvalue weighted by Gasteiger charge is 2.11. The average molecular weight is 248 g/mol. The normalized spacial score (nSPS) is 10.4. The Bertz CT molecular complexity index is 579. The summed E-state index contributed by atoms with van der Waals surface area (Å²) >= 11 is 0. The smallest absolute Gasteiger partial charge is 0.231 e. The summed E-state index contributed by atoms with van der Waals surface area (Å²) in [6.45, 7) is 1.73. The summed E-state index contributed by atoms with van der Waals surface area (Å²) in [7, 11) is 1.68. The molecule has 2 rings (SSSR count). The van der Waals surface area contributed by atoms with Crippen LogP contribution in [0.5, 0.6) is 0 Å². The zero-order valence-corrected chi connectivity index (χ0v) is 10.1. The van der Waals surface area contributed by atoms with Crippen LogP contribution in [0.3, 0.4) is 0 Å². The maximum absolute atomic E-state index is 13.4. The van der Waals surface area contributed by atoms with Gasteiger partial charge in [0.25, 0.3) is 0 Å². The largest absolute Gasteiger partial charge is 0.294 e. The van der Waals surface area contributed by atoms with Crippen LogP contribution in [-0.2, 0) is 18.3 Å². The van der Waals surface area contributed by atoms with Gasteiger partial charge in [-0.05, 0) is 18.6 Å². The van der Waals surface area contributed by atoms with E-state index < -0.39 is 0 Å². The van der Waals surface area contributed by atoms with Gasteiger partial charge in [-0.2, -0.15) is 10.1 Å². The lowest BCUT2D eigenvalue weighted by molar-refractivity contribution is -0.115. The van der Waals surface area contributed by atoms with E-state index in [9.17, 15) is 9.18 Å². The maximum atomic E-state index is 13.4. The third-order valence-electron chi connectivity index (χ3n) is 2.43. The van der Waals surface area contributed by atoms with E-state index in [1.165, 1.54) is 10.7 Å². The molecule has 0 unspecified atom stereocenters. The molecule has 1 heterocycles. The Balaban J connectivity index is 2.06. The molecule has 94 valence electrons. The van der Waals surface area contributed by atoms with E-state index in [1.54, 1.807) is 32.2 Å². The fourth-order valence-corrected chi connectivity index (χ4v) is 1.60. The lowest BCUT2D eigenvalue weighted by Gasteiger charge is -2.04. The number of amides is 1. The summed E-state index contributed by atoms with van der Waals surface area (Å²) in [5, 5.41) is 6.60. The van der Waals surface area contributed by atoms with Gasteiger partial charge in [-0.25, -0.2) is 9.07 Å². The zero-order chi connectivity index (χ0) is 13.1. The van der Waals surface area contributed by atoms with E-state index in [2.05, 4.69) is 15.4 Å². The Morgan fingerprint density at radius 2 is 2.17 bits per heavy atom. The second kappa shape index (κ2) is 4.95. The Morgan fingerprint density at radius 3 is 2.78 bits per heavy atom. The highest BCUT2D eigenvalue weighted by Crippen LogP contribution is 2.09. The Kier molecular flexibility index (Phi) is 3.36. The van der Waals surface area contributed by atoms with Gasteiger partial charge in [0.15, 0.2) is 0 Å². The van der Waals surface area contributed by atoms with E-state index in [4.69, 9.17) is 0 Å². The van der Waals surface area contributed by atoms with Crippen LogP contribution in [0, 0.1) is 12.7 Å². The minimum absolute atomic E-state index is 0.0292. The first-order valence-electron chi connectivity index (χ1n) is 5.47. The Morgan fingerprint density at radius 1 is 1.44 bits per heavy atom. The molecule has 0 fully saturated rings. The first kappa shape index (κ1) is 12.2. The number of nitrogens with zero attached hydrogens (tertiary/aromatic N) is 3. The maximum Gasteiger partial charge on any atom is 0.231 e. The summed E-state index contributed by atoms with van der Waals surface area (Å²) < 4.78 is 14.8. The topological polar surface area (TPSA) is 59.8 Å². The van der Waals surface area contributed by atoms with Crippen molar-refractivity contribution in [2.24, 2.45) is 7.05 Å². The first-order valence-corrected chi connectivity index (χ1v) is 5.47. The van der Waals surface area contributed by atoms with Crippen molar-refractivity contribution in [2.75, 3.05) is 5.32 Å².